The van der Waals surface area contributed by atoms with E-state index >= 15 is 0 Å². The van der Waals surface area contributed by atoms with Crippen molar-refractivity contribution in [3.8, 4) is 0 Å². The zero-order valence-electron chi connectivity index (χ0n) is 9.60. The van der Waals surface area contributed by atoms with Gasteiger partial charge in [0.1, 0.15) is 5.82 Å². The van der Waals surface area contributed by atoms with Crippen molar-refractivity contribution in [1.29, 1.82) is 0 Å². The second-order valence-electron chi connectivity index (χ2n) is 4.71. The van der Waals surface area contributed by atoms with Gasteiger partial charge >= 0.3 is 5.97 Å². The normalized spacial score (nSPS) is 18.4. The van der Waals surface area contributed by atoms with Crippen molar-refractivity contribution < 1.29 is 9.90 Å². The van der Waals surface area contributed by atoms with Crippen LogP contribution in [0, 0.1) is 0 Å². The Morgan fingerprint density at radius 3 is 2.81 bits per heavy atom. The Balaban J connectivity index is 2.33. The number of imidazole rings is 1. The number of rotatable bonds is 4. The molecule has 1 aromatic rings. The van der Waals surface area contributed by atoms with E-state index in [9.17, 15) is 4.79 Å². The summed E-state index contributed by atoms with van der Waals surface area (Å²) in [5.41, 5.74) is -0.318. The number of hydrogen-bond acceptors (Lipinski definition) is 3. The summed E-state index contributed by atoms with van der Waals surface area (Å²) in [6.07, 6.45) is 3.78. The van der Waals surface area contributed by atoms with Gasteiger partial charge in [-0.2, -0.15) is 0 Å². The predicted octanol–water partition coefficient (Wildman–Crippen LogP) is 0.780. The van der Waals surface area contributed by atoms with Gasteiger partial charge in [-0.15, -0.1) is 0 Å². The van der Waals surface area contributed by atoms with Crippen LogP contribution >= 0.6 is 0 Å². The lowest BCUT2D eigenvalue weighted by Gasteiger charge is -2.44. The van der Waals surface area contributed by atoms with Gasteiger partial charge in [0.2, 0.25) is 0 Å². The molecule has 2 N–H and O–H groups in total. The summed E-state index contributed by atoms with van der Waals surface area (Å²) in [5.74, 6) is 0.508. The zero-order chi connectivity index (χ0) is 11.8. The molecule has 0 spiro atoms. The summed E-state index contributed by atoms with van der Waals surface area (Å²) < 4.78 is 2.03. The van der Waals surface area contributed by atoms with Crippen LogP contribution in [0.3, 0.4) is 0 Å². The zero-order valence-corrected chi connectivity index (χ0v) is 9.60. The van der Waals surface area contributed by atoms with Crippen molar-refractivity contribution in [3.63, 3.8) is 0 Å². The number of aliphatic carboxylic acids is 1. The maximum atomic E-state index is 10.9. The van der Waals surface area contributed by atoms with Crippen molar-refractivity contribution in [3.05, 3.63) is 18.2 Å². The molecule has 0 amide bonds. The molecule has 0 saturated carbocycles. The van der Waals surface area contributed by atoms with Crippen LogP contribution in [0.4, 0.5) is 0 Å². The lowest BCUT2D eigenvalue weighted by Crippen LogP contribution is -2.61. The molecular weight excluding hydrogens is 206 g/mol. The molecular formula is C11H17N3O2. The fraction of sp³-hybridized carbons (Fsp3) is 0.636. The van der Waals surface area contributed by atoms with E-state index in [4.69, 9.17) is 5.11 Å². The maximum absolute atomic E-state index is 10.9. The van der Waals surface area contributed by atoms with Crippen LogP contribution in [0.2, 0.25) is 0 Å². The molecule has 0 atom stereocenters. The second kappa shape index (κ2) is 3.90. The molecule has 0 unspecified atom stereocenters. The molecule has 0 aliphatic carbocycles. The Bertz CT molecular complexity index is 394. The SMILES string of the molecule is CC(C)c1nccn1C1(CC(=O)O)CNC1. The molecule has 5 heteroatoms. The predicted molar refractivity (Wildman–Crippen MR) is 59.4 cm³/mol. The van der Waals surface area contributed by atoms with Gasteiger partial charge in [0, 0.05) is 31.4 Å². The summed E-state index contributed by atoms with van der Waals surface area (Å²) in [6.45, 7) is 5.55. The Hall–Kier alpha value is -1.36. The number of carboxylic acids is 1. The van der Waals surface area contributed by atoms with Crippen LogP contribution in [0.15, 0.2) is 12.4 Å². The summed E-state index contributed by atoms with van der Waals surface area (Å²) in [7, 11) is 0. The molecule has 5 nitrogen and oxygen atoms in total. The van der Waals surface area contributed by atoms with Gasteiger partial charge in [-0.25, -0.2) is 4.98 Å². The van der Waals surface area contributed by atoms with E-state index in [0.717, 1.165) is 5.82 Å². The minimum Gasteiger partial charge on any atom is -0.481 e. The highest BCUT2D eigenvalue weighted by Crippen LogP contribution is 2.29. The van der Waals surface area contributed by atoms with Crippen LogP contribution in [0.1, 0.15) is 32.0 Å². The van der Waals surface area contributed by atoms with E-state index in [1.54, 1.807) is 6.20 Å². The average Bonchev–Trinajstić information content (AvgIpc) is 2.59. The molecule has 0 radical (unpaired) electrons. The highest BCUT2D eigenvalue weighted by atomic mass is 16.4. The molecule has 0 bridgehead atoms. The topological polar surface area (TPSA) is 67.2 Å². The standard InChI is InChI=1S/C11H17N3O2/c1-8(2)10-13-3-4-14(10)11(5-9(15)16)6-12-7-11/h3-4,8,12H,5-7H2,1-2H3,(H,15,16). The molecule has 2 heterocycles. The lowest BCUT2D eigenvalue weighted by atomic mass is 9.87. The Kier molecular flexibility index (Phi) is 2.71. The number of carbonyl (C=O) groups is 1. The molecule has 0 aromatic carbocycles. The van der Waals surface area contributed by atoms with Gasteiger partial charge < -0.3 is 15.0 Å². The first-order valence-corrected chi connectivity index (χ1v) is 5.51. The van der Waals surface area contributed by atoms with E-state index in [1.807, 2.05) is 10.8 Å². The molecule has 88 valence electrons. The van der Waals surface area contributed by atoms with Crippen molar-refractivity contribution in [2.24, 2.45) is 0 Å². The van der Waals surface area contributed by atoms with Crippen LogP contribution in [0.5, 0.6) is 0 Å². The third kappa shape index (κ3) is 1.71. The van der Waals surface area contributed by atoms with Crippen LogP contribution in [-0.4, -0.2) is 33.7 Å². The molecule has 1 aliphatic heterocycles. The number of nitrogens with one attached hydrogen (secondary N) is 1. The Morgan fingerprint density at radius 2 is 2.38 bits per heavy atom. The summed E-state index contributed by atoms with van der Waals surface area (Å²) in [4.78, 5) is 15.2. The molecule has 1 aromatic heterocycles. The van der Waals surface area contributed by atoms with Crippen molar-refractivity contribution >= 4 is 5.97 Å². The first-order valence-electron chi connectivity index (χ1n) is 5.51. The average molecular weight is 223 g/mol. The Labute approximate surface area is 94.5 Å². The highest BCUT2D eigenvalue weighted by Gasteiger charge is 2.42. The third-order valence-corrected chi connectivity index (χ3v) is 3.09. The van der Waals surface area contributed by atoms with Crippen molar-refractivity contribution in [1.82, 2.24) is 14.9 Å². The number of nitrogens with zero attached hydrogens (tertiary/aromatic N) is 2. The first-order chi connectivity index (χ1) is 7.55. The van der Waals surface area contributed by atoms with Gasteiger partial charge in [0.25, 0.3) is 0 Å². The summed E-state index contributed by atoms with van der Waals surface area (Å²) >= 11 is 0. The third-order valence-electron chi connectivity index (χ3n) is 3.09. The van der Waals surface area contributed by atoms with Gasteiger partial charge in [0.15, 0.2) is 0 Å². The van der Waals surface area contributed by atoms with E-state index < -0.39 is 5.97 Å². The van der Waals surface area contributed by atoms with E-state index in [1.165, 1.54) is 0 Å². The summed E-state index contributed by atoms with van der Waals surface area (Å²) in [5, 5.41) is 12.1. The largest absolute Gasteiger partial charge is 0.481 e. The van der Waals surface area contributed by atoms with E-state index in [0.29, 0.717) is 19.0 Å². The fourth-order valence-electron chi connectivity index (χ4n) is 2.22. The smallest absolute Gasteiger partial charge is 0.305 e. The number of hydrogen-bond donors (Lipinski definition) is 2. The van der Waals surface area contributed by atoms with Gasteiger partial charge in [-0.1, -0.05) is 13.8 Å². The highest BCUT2D eigenvalue weighted by molar-refractivity contribution is 5.68. The molecule has 1 aliphatic rings. The quantitative estimate of drug-likeness (QED) is 0.791. The monoisotopic (exact) mass is 223 g/mol. The van der Waals surface area contributed by atoms with Crippen LogP contribution in [-0.2, 0) is 10.3 Å². The number of carboxylic acid groups (broad SMARTS) is 1. The van der Waals surface area contributed by atoms with Crippen molar-refractivity contribution in [2.75, 3.05) is 13.1 Å². The number of aromatic nitrogens is 2. The van der Waals surface area contributed by atoms with Crippen molar-refractivity contribution in [2.45, 2.75) is 31.7 Å². The minimum absolute atomic E-state index is 0.149. The molecule has 2 rings (SSSR count). The van der Waals surface area contributed by atoms with Gasteiger partial charge in [0.05, 0.1) is 12.0 Å². The fourth-order valence-corrected chi connectivity index (χ4v) is 2.22. The lowest BCUT2D eigenvalue weighted by molar-refractivity contribution is -0.140. The van der Waals surface area contributed by atoms with Crippen LogP contribution in [0.25, 0.3) is 0 Å². The first kappa shape index (κ1) is 11.1. The van der Waals surface area contributed by atoms with E-state index in [2.05, 4.69) is 24.1 Å². The molecule has 1 saturated heterocycles. The van der Waals surface area contributed by atoms with E-state index in [-0.39, 0.29) is 12.0 Å². The minimum atomic E-state index is -0.759. The Morgan fingerprint density at radius 1 is 1.69 bits per heavy atom. The summed E-state index contributed by atoms with van der Waals surface area (Å²) in [6, 6.07) is 0. The molecule has 1 fully saturated rings. The maximum Gasteiger partial charge on any atom is 0.305 e. The molecule has 16 heavy (non-hydrogen) atoms. The second-order valence-corrected chi connectivity index (χ2v) is 4.71. The van der Waals surface area contributed by atoms with Gasteiger partial charge in [-0.3, -0.25) is 4.79 Å². The van der Waals surface area contributed by atoms with Crippen LogP contribution < -0.4 is 5.32 Å². The van der Waals surface area contributed by atoms with Gasteiger partial charge in [-0.05, 0) is 0 Å².